The first-order chi connectivity index (χ1) is 7.58. The Balaban J connectivity index is 2.23. The molecule has 0 aliphatic carbocycles. The fraction of sp³-hybridized carbons (Fsp3) is 0.636. The van der Waals surface area contributed by atoms with E-state index in [-0.39, 0.29) is 5.91 Å². The Hall–Kier alpha value is -1.52. The standard InChI is InChI=1S/C11H18N2O3/c1-9(14)12-8-10-2-5-13(6-3-10)7-4-11(15)16/h4,7,10H,2-3,5-6,8H2,1H3,(H,12,14)(H,15,16)/b7-4+. The Morgan fingerprint density at radius 1 is 1.44 bits per heavy atom. The molecular formula is C11H18N2O3. The molecule has 16 heavy (non-hydrogen) atoms. The van der Waals surface area contributed by atoms with E-state index in [4.69, 9.17) is 5.11 Å². The van der Waals surface area contributed by atoms with E-state index in [1.807, 2.05) is 4.90 Å². The Kier molecular flexibility index (Phi) is 4.82. The number of carboxylic acid groups (broad SMARTS) is 1. The van der Waals surface area contributed by atoms with Crippen molar-refractivity contribution >= 4 is 11.9 Å². The molecule has 1 fully saturated rings. The molecule has 0 radical (unpaired) electrons. The molecule has 0 atom stereocenters. The van der Waals surface area contributed by atoms with Gasteiger partial charge in [0.1, 0.15) is 0 Å². The molecule has 1 heterocycles. The summed E-state index contributed by atoms with van der Waals surface area (Å²) in [6, 6.07) is 0. The Labute approximate surface area is 95.1 Å². The number of amides is 1. The van der Waals surface area contributed by atoms with E-state index in [2.05, 4.69) is 5.32 Å². The summed E-state index contributed by atoms with van der Waals surface area (Å²) in [5, 5.41) is 11.3. The molecule has 0 aromatic carbocycles. The Bertz CT molecular complexity index is 281. The van der Waals surface area contributed by atoms with Crippen LogP contribution in [0.4, 0.5) is 0 Å². The van der Waals surface area contributed by atoms with Crippen molar-refractivity contribution in [2.75, 3.05) is 19.6 Å². The normalized spacial score (nSPS) is 17.7. The second kappa shape index (κ2) is 6.15. The predicted octanol–water partition coefficient (Wildman–Crippen LogP) is 0.433. The zero-order valence-electron chi connectivity index (χ0n) is 9.48. The third kappa shape index (κ3) is 4.82. The number of piperidine rings is 1. The maximum atomic E-state index is 10.7. The van der Waals surface area contributed by atoms with Gasteiger partial charge in [-0.2, -0.15) is 0 Å². The van der Waals surface area contributed by atoms with Crippen molar-refractivity contribution in [3.63, 3.8) is 0 Å². The van der Waals surface area contributed by atoms with Crippen LogP contribution in [0.3, 0.4) is 0 Å². The molecule has 1 aliphatic heterocycles. The number of likely N-dealkylation sites (tertiary alicyclic amines) is 1. The molecule has 2 N–H and O–H groups in total. The molecule has 5 nitrogen and oxygen atoms in total. The van der Waals surface area contributed by atoms with Crippen molar-refractivity contribution in [1.29, 1.82) is 0 Å². The van der Waals surface area contributed by atoms with Crippen LogP contribution in [0.25, 0.3) is 0 Å². The SMILES string of the molecule is CC(=O)NCC1CCN(/C=C/C(=O)O)CC1. The van der Waals surface area contributed by atoms with Gasteiger partial charge in [0, 0.05) is 38.8 Å². The number of hydrogen-bond acceptors (Lipinski definition) is 3. The predicted molar refractivity (Wildman–Crippen MR) is 59.8 cm³/mol. The fourth-order valence-electron chi connectivity index (χ4n) is 1.76. The van der Waals surface area contributed by atoms with Crippen LogP contribution in [0.5, 0.6) is 0 Å². The zero-order chi connectivity index (χ0) is 12.0. The van der Waals surface area contributed by atoms with Gasteiger partial charge in [0.25, 0.3) is 0 Å². The number of carbonyl (C=O) groups is 2. The highest BCUT2D eigenvalue weighted by molar-refractivity contribution is 5.79. The van der Waals surface area contributed by atoms with E-state index in [1.54, 1.807) is 6.20 Å². The van der Waals surface area contributed by atoms with Gasteiger partial charge in [-0.15, -0.1) is 0 Å². The summed E-state index contributed by atoms with van der Waals surface area (Å²) in [4.78, 5) is 23.1. The van der Waals surface area contributed by atoms with Gasteiger partial charge < -0.3 is 15.3 Å². The summed E-state index contributed by atoms with van der Waals surface area (Å²) < 4.78 is 0. The van der Waals surface area contributed by atoms with Crippen molar-refractivity contribution in [2.24, 2.45) is 5.92 Å². The van der Waals surface area contributed by atoms with Gasteiger partial charge in [0.15, 0.2) is 0 Å². The smallest absolute Gasteiger partial charge is 0.329 e. The molecule has 0 spiro atoms. The minimum Gasteiger partial charge on any atom is -0.478 e. The average Bonchev–Trinajstić information content (AvgIpc) is 2.25. The lowest BCUT2D eigenvalue weighted by Gasteiger charge is -2.30. The first-order valence-corrected chi connectivity index (χ1v) is 5.47. The maximum Gasteiger partial charge on any atom is 0.329 e. The van der Waals surface area contributed by atoms with Crippen LogP contribution >= 0.6 is 0 Å². The summed E-state index contributed by atoms with van der Waals surface area (Å²) in [5.41, 5.74) is 0. The number of hydrogen-bond donors (Lipinski definition) is 2. The summed E-state index contributed by atoms with van der Waals surface area (Å²) in [5.74, 6) is -0.396. The average molecular weight is 226 g/mol. The molecule has 0 aromatic heterocycles. The van der Waals surface area contributed by atoms with Gasteiger partial charge in [-0.25, -0.2) is 4.79 Å². The van der Waals surface area contributed by atoms with Crippen LogP contribution in [0.2, 0.25) is 0 Å². The van der Waals surface area contributed by atoms with E-state index < -0.39 is 5.97 Å². The lowest BCUT2D eigenvalue weighted by molar-refractivity contribution is -0.131. The summed E-state index contributed by atoms with van der Waals surface area (Å²) >= 11 is 0. The van der Waals surface area contributed by atoms with Crippen LogP contribution in [0.1, 0.15) is 19.8 Å². The van der Waals surface area contributed by atoms with Crippen molar-refractivity contribution < 1.29 is 14.7 Å². The van der Waals surface area contributed by atoms with E-state index in [0.29, 0.717) is 5.92 Å². The second-order valence-electron chi connectivity index (χ2n) is 4.07. The minimum atomic E-state index is -0.916. The van der Waals surface area contributed by atoms with Gasteiger partial charge in [-0.1, -0.05) is 0 Å². The summed E-state index contributed by atoms with van der Waals surface area (Å²) in [6.07, 6.45) is 4.76. The van der Waals surface area contributed by atoms with Crippen LogP contribution < -0.4 is 5.32 Å². The molecule has 5 heteroatoms. The number of carboxylic acids is 1. The van der Waals surface area contributed by atoms with Crippen LogP contribution in [-0.2, 0) is 9.59 Å². The molecule has 0 saturated carbocycles. The number of aliphatic carboxylic acids is 1. The molecular weight excluding hydrogens is 208 g/mol. The molecule has 0 bridgehead atoms. The highest BCUT2D eigenvalue weighted by Crippen LogP contribution is 2.16. The Morgan fingerprint density at radius 3 is 2.56 bits per heavy atom. The molecule has 1 saturated heterocycles. The lowest BCUT2D eigenvalue weighted by Crippen LogP contribution is -2.35. The van der Waals surface area contributed by atoms with Crippen LogP contribution in [-0.4, -0.2) is 41.5 Å². The number of carbonyl (C=O) groups excluding carboxylic acids is 1. The van der Waals surface area contributed by atoms with Gasteiger partial charge in [0.05, 0.1) is 0 Å². The fourth-order valence-corrected chi connectivity index (χ4v) is 1.76. The van der Waals surface area contributed by atoms with Crippen LogP contribution in [0, 0.1) is 5.92 Å². The highest BCUT2D eigenvalue weighted by Gasteiger charge is 2.17. The zero-order valence-corrected chi connectivity index (χ0v) is 9.48. The molecule has 0 unspecified atom stereocenters. The molecule has 0 aromatic rings. The van der Waals surface area contributed by atoms with Crippen LogP contribution in [0.15, 0.2) is 12.3 Å². The highest BCUT2D eigenvalue weighted by atomic mass is 16.4. The van der Waals surface area contributed by atoms with Gasteiger partial charge >= 0.3 is 5.97 Å². The number of nitrogens with zero attached hydrogens (tertiary/aromatic N) is 1. The van der Waals surface area contributed by atoms with Crippen molar-refractivity contribution in [3.8, 4) is 0 Å². The third-order valence-electron chi connectivity index (χ3n) is 2.72. The van der Waals surface area contributed by atoms with E-state index in [0.717, 1.165) is 38.6 Å². The second-order valence-corrected chi connectivity index (χ2v) is 4.07. The van der Waals surface area contributed by atoms with Gasteiger partial charge in [0.2, 0.25) is 5.91 Å². The third-order valence-corrected chi connectivity index (χ3v) is 2.72. The topological polar surface area (TPSA) is 69.6 Å². The lowest BCUT2D eigenvalue weighted by atomic mass is 9.97. The van der Waals surface area contributed by atoms with Gasteiger partial charge in [-0.05, 0) is 18.8 Å². The number of nitrogens with one attached hydrogen (secondary N) is 1. The monoisotopic (exact) mass is 226 g/mol. The molecule has 90 valence electrons. The quantitative estimate of drug-likeness (QED) is 0.682. The van der Waals surface area contributed by atoms with Gasteiger partial charge in [-0.3, -0.25) is 4.79 Å². The first kappa shape index (κ1) is 12.5. The number of rotatable bonds is 4. The van der Waals surface area contributed by atoms with E-state index >= 15 is 0 Å². The maximum absolute atomic E-state index is 10.7. The molecule has 1 rings (SSSR count). The van der Waals surface area contributed by atoms with E-state index in [1.165, 1.54) is 6.92 Å². The minimum absolute atomic E-state index is 0.00760. The summed E-state index contributed by atoms with van der Waals surface area (Å²) in [6.45, 7) is 3.96. The molecule has 1 amide bonds. The Morgan fingerprint density at radius 2 is 2.06 bits per heavy atom. The first-order valence-electron chi connectivity index (χ1n) is 5.47. The van der Waals surface area contributed by atoms with Crippen molar-refractivity contribution in [2.45, 2.75) is 19.8 Å². The van der Waals surface area contributed by atoms with Crippen molar-refractivity contribution in [1.82, 2.24) is 10.2 Å². The van der Waals surface area contributed by atoms with E-state index in [9.17, 15) is 9.59 Å². The van der Waals surface area contributed by atoms with Crippen molar-refractivity contribution in [3.05, 3.63) is 12.3 Å². The molecule has 1 aliphatic rings. The largest absolute Gasteiger partial charge is 0.478 e. The summed E-state index contributed by atoms with van der Waals surface area (Å²) in [7, 11) is 0.